The summed E-state index contributed by atoms with van der Waals surface area (Å²) >= 11 is 0. The van der Waals surface area contributed by atoms with Gasteiger partial charge in [0, 0.05) is 0 Å². The maximum absolute atomic E-state index is 12.0. The molecule has 3 rings (SSSR count). The molecule has 2 aromatic rings. The number of hydrogen-bond acceptors (Lipinski definition) is 8. The highest BCUT2D eigenvalue weighted by molar-refractivity contribution is 5.70. The highest BCUT2D eigenvalue weighted by atomic mass is 16.6. The molecule has 9 nitrogen and oxygen atoms in total. The molecule has 0 bridgehead atoms. The number of aliphatic hydroxyl groups is 2. The molecule has 0 unspecified atom stereocenters. The molecule has 27 heavy (non-hydrogen) atoms. The van der Waals surface area contributed by atoms with Crippen LogP contribution in [0.4, 0.5) is 5.82 Å². The van der Waals surface area contributed by atoms with Crippen LogP contribution in [-0.4, -0.2) is 55.2 Å². The first-order chi connectivity index (χ1) is 12.5. The van der Waals surface area contributed by atoms with Gasteiger partial charge in [-0.15, -0.1) is 0 Å². The minimum atomic E-state index is -1.25. The van der Waals surface area contributed by atoms with Gasteiger partial charge in [-0.2, -0.15) is 5.10 Å². The molecule has 0 radical (unpaired) electrons. The fourth-order valence-corrected chi connectivity index (χ4v) is 3.21. The Kier molecular flexibility index (Phi) is 4.87. The van der Waals surface area contributed by atoms with Crippen LogP contribution in [0.5, 0.6) is 0 Å². The molecule has 0 saturated carbocycles. The van der Waals surface area contributed by atoms with Crippen LogP contribution in [0.1, 0.15) is 45.9 Å². The number of esters is 1. The van der Waals surface area contributed by atoms with Gasteiger partial charge >= 0.3 is 5.97 Å². The van der Waals surface area contributed by atoms with Gasteiger partial charge in [-0.3, -0.25) is 4.79 Å². The van der Waals surface area contributed by atoms with Crippen LogP contribution in [0.15, 0.2) is 18.5 Å². The Hall–Kier alpha value is -2.23. The van der Waals surface area contributed by atoms with Crippen LogP contribution in [0.25, 0.3) is 5.52 Å². The minimum Gasteiger partial charge on any atom is -0.462 e. The van der Waals surface area contributed by atoms with E-state index in [1.807, 2.05) is 20.8 Å². The molecule has 0 amide bonds. The fraction of sp³-hybridized carbons (Fsp3) is 0.611. The molecule has 0 aromatic carbocycles. The van der Waals surface area contributed by atoms with Crippen LogP contribution in [-0.2, 0) is 14.3 Å². The molecule has 4 N–H and O–H groups in total. The van der Waals surface area contributed by atoms with Gasteiger partial charge in [0.15, 0.2) is 5.82 Å². The Labute approximate surface area is 157 Å². The number of aliphatic hydroxyl groups excluding tert-OH is 2. The van der Waals surface area contributed by atoms with Gasteiger partial charge < -0.3 is 25.4 Å². The highest BCUT2D eigenvalue weighted by Crippen LogP contribution is 2.40. The number of fused-ring (bicyclic) bond motifs is 1. The molecule has 2 aromatic heterocycles. The van der Waals surface area contributed by atoms with Crippen molar-refractivity contribution in [3.63, 3.8) is 0 Å². The maximum atomic E-state index is 12.0. The molecular weight excluding hydrogens is 352 g/mol. The van der Waals surface area contributed by atoms with E-state index < -0.39 is 23.9 Å². The molecule has 9 heteroatoms. The van der Waals surface area contributed by atoms with Gasteiger partial charge in [-0.05, 0) is 24.5 Å². The summed E-state index contributed by atoms with van der Waals surface area (Å²) in [5.74, 6) is -0.0886. The normalized spacial score (nSPS) is 28.6. The standard InChI is InChI=1S/C18H26N4O5/c1-17(2,3)7-12(23)26-8-18(4)15(25)13(24)14(27-18)10-5-6-11-16(19)20-9-21-22(10)11/h5-6,9,13-15,24-25H,7-8H2,1-4H3,(H2,19,20,21)/t13-,14-,15-,18+/m0/s1. The Balaban J connectivity index is 1.78. The van der Waals surface area contributed by atoms with Crippen molar-refractivity contribution in [3.8, 4) is 0 Å². The van der Waals surface area contributed by atoms with E-state index in [1.165, 1.54) is 10.8 Å². The molecule has 0 aliphatic carbocycles. The van der Waals surface area contributed by atoms with Crippen LogP contribution >= 0.6 is 0 Å². The molecule has 148 valence electrons. The van der Waals surface area contributed by atoms with Gasteiger partial charge in [0.2, 0.25) is 0 Å². The Morgan fingerprint density at radius 3 is 2.78 bits per heavy atom. The van der Waals surface area contributed by atoms with Gasteiger partial charge in [-0.1, -0.05) is 20.8 Å². The summed E-state index contributed by atoms with van der Waals surface area (Å²) in [5, 5.41) is 25.2. The van der Waals surface area contributed by atoms with Gasteiger partial charge in [-0.25, -0.2) is 9.50 Å². The number of nitrogens with zero attached hydrogens (tertiary/aromatic N) is 3. The first kappa shape index (κ1) is 19.5. The lowest BCUT2D eigenvalue weighted by Crippen LogP contribution is -2.44. The van der Waals surface area contributed by atoms with Crippen molar-refractivity contribution in [2.75, 3.05) is 12.3 Å². The molecule has 3 heterocycles. The number of aromatic nitrogens is 3. The van der Waals surface area contributed by atoms with Gasteiger partial charge in [0.05, 0.1) is 12.1 Å². The average molecular weight is 378 g/mol. The third-order valence-corrected chi connectivity index (χ3v) is 4.65. The van der Waals surface area contributed by atoms with Crippen LogP contribution in [0.2, 0.25) is 0 Å². The lowest BCUT2D eigenvalue weighted by atomic mass is 9.92. The summed E-state index contributed by atoms with van der Waals surface area (Å²) in [5.41, 5.74) is 5.47. The Bertz CT molecular complexity index is 846. The zero-order valence-electron chi connectivity index (χ0n) is 15.9. The van der Waals surface area contributed by atoms with Crippen LogP contribution in [0, 0.1) is 5.41 Å². The minimum absolute atomic E-state index is 0.170. The monoisotopic (exact) mass is 378 g/mol. The van der Waals surface area contributed by atoms with Gasteiger partial charge in [0.1, 0.15) is 42.4 Å². The smallest absolute Gasteiger partial charge is 0.306 e. The average Bonchev–Trinajstić information content (AvgIpc) is 3.08. The highest BCUT2D eigenvalue weighted by Gasteiger charge is 2.53. The Morgan fingerprint density at radius 2 is 2.11 bits per heavy atom. The van der Waals surface area contributed by atoms with Crippen molar-refractivity contribution in [2.45, 2.75) is 58.0 Å². The number of carbonyl (C=O) groups excluding carboxylic acids is 1. The predicted molar refractivity (Wildman–Crippen MR) is 96.7 cm³/mol. The van der Waals surface area contributed by atoms with Gasteiger partial charge in [0.25, 0.3) is 0 Å². The summed E-state index contributed by atoms with van der Waals surface area (Å²) in [6, 6.07) is 3.42. The first-order valence-corrected chi connectivity index (χ1v) is 8.79. The van der Waals surface area contributed by atoms with Crippen molar-refractivity contribution in [1.29, 1.82) is 0 Å². The van der Waals surface area contributed by atoms with E-state index in [0.29, 0.717) is 17.0 Å². The van der Waals surface area contributed by atoms with E-state index in [0.717, 1.165) is 0 Å². The summed E-state index contributed by atoms with van der Waals surface area (Å²) in [7, 11) is 0. The van der Waals surface area contributed by atoms with E-state index in [1.54, 1.807) is 19.1 Å². The quantitative estimate of drug-likeness (QED) is 0.667. The second kappa shape index (κ2) is 6.74. The molecule has 1 saturated heterocycles. The zero-order chi connectivity index (χ0) is 20.0. The summed E-state index contributed by atoms with van der Waals surface area (Å²) in [6.45, 7) is 7.23. The number of nitrogens with two attached hydrogens (primary N) is 1. The Morgan fingerprint density at radius 1 is 1.41 bits per heavy atom. The number of ether oxygens (including phenoxy) is 2. The van der Waals surface area contributed by atoms with Crippen LogP contribution in [0.3, 0.4) is 0 Å². The molecule has 1 aliphatic heterocycles. The third-order valence-electron chi connectivity index (χ3n) is 4.65. The number of nitrogen functional groups attached to an aromatic ring is 1. The number of carbonyl (C=O) groups is 1. The van der Waals surface area contributed by atoms with Crippen molar-refractivity contribution in [3.05, 3.63) is 24.2 Å². The topological polar surface area (TPSA) is 132 Å². The van der Waals surface area contributed by atoms with Crippen LogP contribution < -0.4 is 5.73 Å². The number of anilines is 1. The number of hydrogen-bond donors (Lipinski definition) is 3. The van der Waals surface area contributed by atoms with Crippen molar-refractivity contribution < 1.29 is 24.5 Å². The molecule has 0 spiro atoms. The van der Waals surface area contributed by atoms with E-state index in [-0.39, 0.29) is 24.4 Å². The van der Waals surface area contributed by atoms with Crippen molar-refractivity contribution in [2.24, 2.45) is 5.41 Å². The largest absolute Gasteiger partial charge is 0.462 e. The predicted octanol–water partition coefficient (Wildman–Crippen LogP) is 0.843. The van der Waals surface area contributed by atoms with E-state index in [2.05, 4.69) is 10.1 Å². The summed E-state index contributed by atoms with van der Waals surface area (Å²) in [6.07, 6.45) is -1.77. The summed E-state index contributed by atoms with van der Waals surface area (Å²) in [4.78, 5) is 15.9. The SMILES string of the molecule is CC(C)(C)CC(=O)OC[C@@]1(C)O[C@@H](c2ccc3c(N)ncnn23)[C@H](O)[C@@H]1O. The second-order valence-corrected chi connectivity index (χ2v) is 8.39. The third kappa shape index (κ3) is 3.76. The fourth-order valence-electron chi connectivity index (χ4n) is 3.21. The lowest BCUT2D eigenvalue weighted by molar-refractivity contribution is -0.161. The first-order valence-electron chi connectivity index (χ1n) is 8.79. The zero-order valence-corrected chi connectivity index (χ0v) is 15.9. The maximum Gasteiger partial charge on any atom is 0.306 e. The molecule has 4 atom stereocenters. The van der Waals surface area contributed by atoms with E-state index >= 15 is 0 Å². The number of rotatable bonds is 4. The lowest BCUT2D eigenvalue weighted by Gasteiger charge is -2.27. The second-order valence-electron chi connectivity index (χ2n) is 8.39. The molecular formula is C18H26N4O5. The molecule has 1 fully saturated rings. The van der Waals surface area contributed by atoms with Crippen molar-refractivity contribution in [1.82, 2.24) is 14.6 Å². The van der Waals surface area contributed by atoms with E-state index in [4.69, 9.17) is 15.2 Å². The molecule has 1 aliphatic rings. The van der Waals surface area contributed by atoms with E-state index in [9.17, 15) is 15.0 Å². The van der Waals surface area contributed by atoms with Crippen molar-refractivity contribution >= 4 is 17.3 Å². The summed E-state index contributed by atoms with van der Waals surface area (Å²) < 4.78 is 12.8.